The first-order valence-corrected chi connectivity index (χ1v) is 7.68. The molecular weight excluding hydrogens is 266 g/mol. The number of hydrogen-bond donors (Lipinski definition) is 1. The van der Waals surface area contributed by atoms with Crippen LogP contribution in [0.3, 0.4) is 0 Å². The van der Waals surface area contributed by atoms with Crippen LogP contribution >= 0.6 is 0 Å². The normalized spacial score (nSPS) is 17.1. The summed E-state index contributed by atoms with van der Waals surface area (Å²) in [6, 6.07) is 8.01. The highest BCUT2D eigenvalue weighted by Crippen LogP contribution is 2.41. The van der Waals surface area contributed by atoms with Crippen molar-refractivity contribution in [2.24, 2.45) is 17.6 Å². The fourth-order valence-corrected chi connectivity index (χ4v) is 2.68. The summed E-state index contributed by atoms with van der Waals surface area (Å²) in [5.74, 6) is 2.49. The van der Waals surface area contributed by atoms with Crippen LogP contribution < -0.4 is 10.5 Å². The minimum Gasteiger partial charge on any atom is -0.457 e. The lowest BCUT2D eigenvalue weighted by molar-refractivity contribution is -0.148. The van der Waals surface area contributed by atoms with Gasteiger partial charge in [-0.15, -0.1) is 0 Å². The second-order valence-electron chi connectivity index (χ2n) is 6.01. The Morgan fingerprint density at radius 3 is 2.81 bits per heavy atom. The van der Waals surface area contributed by atoms with Gasteiger partial charge in [-0.05, 0) is 54.7 Å². The quantitative estimate of drug-likeness (QED) is 0.590. The number of rotatable bonds is 8. The van der Waals surface area contributed by atoms with Crippen molar-refractivity contribution in [1.82, 2.24) is 0 Å². The second kappa shape index (κ2) is 7.46. The van der Waals surface area contributed by atoms with E-state index in [0.29, 0.717) is 5.92 Å². The average Bonchev–Trinajstić information content (AvgIpc) is 3.32. The Labute approximate surface area is 126 Å². The zero-order valence-corrected chi connectivity index (χ0v) is 12.9. The number of benzene rings is 1. The lowest BCUT2D eigenvalue weighted by Gasteiger charge is -2.18. The molecule has 0 aliphatic heterocycles. The van der Waals surface area contributed by atoms with Crippen molar-refractivity contribution in [3.05, 3.63) is 29.8 Å². The summed E-state index contributed by atoms with van der Waals surface area (Å²) in [5.41, 5.74) is 6.43. The van der Waals surface area contributed by atoms with Crippen LogP contribution in [0, 0.1) is 11.8 Å². The van der Waals surface area contributed by atoms with Gasteiger partial charge in [0.05, 0.1) is 6.54 Å². The van der Waals surface area contributed by atoms with Crippen LogP contribution in [-0.2, 0) is 9.53 Å². The van der Waals surface area contributed by atoms with Gasteiger partial charge >= 0.3 is 5.97 Å². The number of carbonyl (C=O) groups excluding carboxylic acids is 1. The van der Waals surface area contributed by atoms with Crippen molar-refractivity contribution in [1.29, 1.82) is 0 Å². The van der Waals surface area contributed by atoms with Gasteiger partial charge in [0.1, 0.15) is 5.75 Å². The van der Waals surface area contributed by atoms with Gasteiger partial charge in [0.2, 0.25) is 6.79 Å². The van der Waals surface area contributed by atoms with Crippen LogP contribution in [0.5, 0.6) is 5.75 Å². The molecule has 21 heavy (non-hydrogen) atoms. The molecule has 116 valence electrons. The Morgan fingerprint density at radius 2 is 2.14 bits per heavy atom. The molecule has 0 spiro atoms. The molecule has 0 radical (unpaired) electrons. The molecule has 1 unspecified atom stereocenters. The zero-order valence-electron chi connectivity index (χ0n) is 12.9. The van der Waals surface area contributed by atoms with Crippen molar-refractivity contribution >= 4 is 5.97 Å². The van der Waals surface area contributed by atoms with Gasteiger partial charge in [-0.25, -0.2) is 0 Å². The lowest BCUT2D eigenvalue weighted by atomic mass is 9.89. The summed E-state index contributed by atoms with van der Waals surface area (Å²) in [7, 11) is 0. The number of ether oxygens (including phenoxy) is 2. The molecule has 4 nitrogen and oxygen atoms in total. The first kappa shape index (κ1) is 15.8. The molecule has 0 amide bonds. The van der Waals surface area contributed by atoms with E-state index < -0.39 is 5.97 Å². The van der Waals surface area contributed by atoms with E-state index in [9.17, 15) is 4.79 Å². The van der Waals surface area contributed by atoms with Crippen molar-refractivity contribution in [2.45, 2.75) is 39.0 Å². The first-order valence-electron chi connectivity index (χ1n) is 7.68. The van der Waals surface area contributed by atoms with Crippen LogP contribution in [0.4, 0.5) is 0 Å². The molecule has 0 heterocycles. The van der Waals surface area contributed by atoms with Gasteiger partial charge in [0, 0.05) is 0 Å². The SMILES string of the molecule is CC(C[C@@H](C)C1CC1)c1cccc(OCOC(=O)CN)c1. The van der Waals surface area contributed by atoms with Crippen LogP contribution in [0.2, 0.25) is 0 Å². The highest BCUT2D eigenvalue weighted by molar-refractivity contribution is 5.71. The van der Waals surface area contributed by atoms with E-state index in [1.54, 1.807) is 0 Å². The van der Waals surface area contributed by atoms with Gasteiger partial charge in [0.15, 0.2) is 0 Å². The largest absolute Gasteiger partial charge is 0.457 e. The second-order valence-corrected chi connectivity index (χ2v) is 6.01. The molecule has 0 aromatic heterocycles. The van der Waals surface area contributed by atoms with Gasteiger partial charge < -0.3 is 15.2 Å². The minimum absolute atomic E-state index is 0.0909. The van der Waals surface area contributed by atoms with Crippen LogP contribution in [0.25, 0.3) is 0 Å². The van der Waals surface area contributed by atoms with Crippen LogP contribution in [0.15, 0.2) is 24.3 Å². The van der Waals surface area contributed by atoms with Crippen LogP contribution in [0.1, 0.15) is 44.6 Å². The molecule has 1 saturated carbocycles. The van der Waals surface area contributed by atoms with E-state index >= 15 is 0 Å². The molecule has 2 atom stereocenters. The number of esters is 1. The summed E-state index contributed by atoms with van der Waals surface area (Å²) in [6.45, 7) is 4.39. The maximum absolute atomic E-state index is 10.9. The third kappa shape index (κ3) is 5.05. The predicted molar refractivity (Wildman–Crippen MR) is 82.0 cm³/mol. The smallest absolute Gasteiger partial charge is 0.322 e. The fourth-order valence-electron chi connectivity index (χ4n) is 2.68. The van der Waals surface area contributed by atoms with Crippen molar-refractivity contribution in [3.8, 4) is 5.75 Å². The molecular formula is C17H25NO3. The Hall–Kier alpha value is -1.55. The molecule has 2 rings (SSSR count). The molecule has 0 saturated heterocycles. The molecule has 1 fully saturated rings. The Bertz CT molecular complexity index is 471. The van der Waals surface area contributed by atoms with E-state index in [1.807, 2.05) is 18.2 Å². The molecule has 4 heteroatoms. The third-order valence-corrected chi connectivity index (χ3v) is 4.19. The molecule has 1 aromatic carbocycles. The van der Waals surface area contributed by atoms with E-state index in [1.165, 1.54) is 24.8 Å². The Balaban J connectivity index is 1.85. The molecule has 1 aromatic rings. The number of nitrogens with two attached hydrogens (primary N) is 1. The summed E-state index contributed by atoms with van der Waals surface area (Å²) >= 11 is 0. The van der Waals surface area contributed by atoms with Gasteiger partial charge in [-0.3, -0.25) is 4.79 Å². The summed E-state index contributed by atoms with van der Waals surface area (Å²) in [5, 5.41) is 0. The Kier molecular flexibility index (Phi) is 5.62. The maximum Gasteiger partial charge on any atom is 0.322 e. The van der Waals surface area contributed by atoms with Crippen molar-refractivity contribution < 1.29 is 14.3 Å². The van der Waals surface area contributed by atoms with Crippen molar-refractivity contribution in [2.75, 3.05) is 13.3 Å². The zero-order chi connectivity index (χ0) is 15.2. The monoisotopic (exact) mass is 291 g/mol. The van der Waals surface area contributed by atoms with Crippen LogP contribution in [-0.4, -0.2) is 19.3 Å². The molecule has 1 aliphatic rings. The number of hydrogen-bond acceptors (Lipinski definition) is 4. The fraction of sp³-hybridized carbons (Fsp3) is 0.588. The topological polar surface area (TPSA) is 61.5 Å². The third-order valence-electron chi connectivity index (χ3n) is 4.19. The highest BCUT2D eigenvalue weighted by Gasteiger charge is 2.28. The van der Waals surface area contributed by atoms with E-state index in [2.05, 4.69) is 19.9 Å². The summed E-state index contributed by atoms with van der Waals surface area (Å²) in [4.78, 5) is 10.9. The molecule has 2 N–H and O–H groups in total. The molecule has 0 bridgehead atoms. The predicted octanol–water partition coefficient (Wildman–Crippen LogP) is 3.06. The standard InChI is InChI=1S/C17H25NO3/c1-12(14-6-7-14)8-13(2)15-4-3-5-16(9-15)20-11-21-17(19)10-18/h3-5,9,12-14H,6-8,10-11,18H2,1-2H3/t12-,13?/m1/s1. The van der Waals surface area contributed by atoms with Gasteiger partial charge in [-0.2, -0.15) is 0 Å². The maximum atomic E-state index is 10.9. The summed E-state index contributed by atoms with van der Waals surface area (Å²) < 4.78 is 10.2. The number of carbonyl (C=O) groups is 1. The van der Waals surface area contributed by atoms with E-state index in [0.717, 1.165) is 17.6 Å². The Morgan fingerprint density at radius 1 is 1.38 bits per heavy atom. The van der Waals surface area contributed by atoms with Crippen molar-refractivity contribution in [3.63, 3.8) is 0 Å². The average molecular weight is 291 g/mol. The van der Waals surface area contributed by atoms with E-state index in [4.69, 9.17) is 15.2 Å². The highest BCUT2D eigenvalue weighted by atomic mass is 16.7. The first-order chi connectivity index (χ1) is 10.1. The minimum atomic E-state index is -0.460. The lowest BCUT2D eigenvalue weighted by Crippen LogP contribution is -2.19. The van der Waals surface area contributed by atoms with E-state index in [-0.39, 0.29) is 13.3 Å². The molecule has 1 aliphatic carbocycles. The van der Waals surface area contributed by atoms with Gasteiger partial charge in [-0.1, -0.05) is 26.0 Å². The summed E-state index contributed by atoms with van der Waals surface area (Å²) in [6.07, 6.45) is 3.99. The van der Waals surface area contributed by atoms with Gasteiger partial charge in [0.25, 0.3) is 0 Å².